The van der Waals surface area contributed by atoms with E-state index in [-0.39, 0.29) is 0 Å². The van der Waals surface area contributed by atoms with Crippen molar-refractivity contribution in [3.8, 4) is 5.75 Å². The summed E-state index contributed by atoms with van der Waals surface area (Å²) in [6.45, 7) is 2.00. The number of methoxy groups -OCH3 is 1. The maximum absolute atomic E-state index is 6.09. The van der Waals surface area contributed by atoms with Crippen LogP contribution in [0.15, 0.2) is 24.4 Å². The molecule has 0 amide bonds. The maximum Gasteiger partial charge on any atom is 0.124 e. The smallest absolute Gasteiger partial charge is 0.124 e. The summed E-state index contributed by atoms with van der Waals surface area (Å²) >= 11 is 0. The number of aromatic nitrogens is 2. The third-order valence-corrected chi connectivity index (χ3v) is 3.99. The number of hydrogen-bond acceptors (Lipinski definition) is 3. The van der Waals surface area contributed by atoms with Gasteiger partial charge in [-0.3, -0.25) is 0 Å². The van der Waals surface area contributed by atoms with Crippen LogP contribution in [0.4, 0.5) is 5.82 Å². The third-order valence-electron chi connectivity index (χ3n) is 3.99. The lowest BCUT2D eigenvalue weighted by Gasteiger charge is -2.26. The van der Waals surface area contributed by atoms with Gasteiger partial charge in [-0.25, -0.2) is 4.68 Å². The maximum atomic E-state index is 6.09. The van der Waals surface area contributed by atoms with Crippen molar-refractivity contribution in [3.63, 3.8) is 0 Å². The predicted molar refractivity (Wildman–Crippen MR) is 75.4 cm³/mol. The van der Waals surface area contributed by atoms with E-state index in [1.165, 1.54) is 11.1 Å². The van der Waals surface area contributed by atoms with Crippen molar-refractivity contribution in [1.82, 2.24) is 9.78 Å². The third kappa shape index (κ3) is 2.07. The highest BCUT2D eigenvalue weighted by molar-refractivity contribution is 5.40. The van der Waals surface area contributed by atoms with Crippen LogP contribution in [0.3, 0.4) is 0 Å². The van der Waals surface area contributed by atoms with Crippen LogP contribution in [-0.2, 0) is 12.8 Å². The van der Waals surface area contributed by atoms with E-state index in [1.807, 2.05) is 23.9 Å². The van der Waals surface area contributed by atoms with Crippen LogP contribution in [-0.4, -0.2) is 16.9 Å². The number of nitrogen functional groups attached to an aromatic ring is 1. The van der Waals surface area contributed by atoms with Gasteiger partial charge in [-0.2, -0.15) is 5.10 Å². The fourth-order valence-electron chi connectivity index (χ4n) is 2.80. The fourth-order valence-corrected chi connectivity index (χ4v) is 2.80. The van der Waals surface area contributed by atoms with E-state index in [9.17, 15) is 0 Å². The molecule has 2 N–H and O–H groups in total. The fraction of sp³-hybridized carbons (Fsp3) is 0.400. The van der Waals surface area contributed by atoms with E-state index in [0.717, 1.165) is 36.4 Å². The summed E-state index contributed by atoms with van der Waals surface area (Å²) in [4.78, 5) is 0. The summed E-state index contributed by atoms with van der Waals surface area (Å²) in [5.74, 6) is 1.71. The monoisotopic (exact) mass is 257 g/mol. The Balaban J connectivity index is 1.91. The molecule has 3 rings (SSSR count). The Hall–Kier alpha value is -1.97. The molecule has 100 valence electrons. The lowest BCUT2D eigenvalue weighted by molar-refractivity contribution is 0.399. The van der Waals surface area contributed by atoms with E-state index >= 15 is 0 Å². The number of fused-ring (bicyclic) bond motifs is 1. The van der Waals surface area contributed by atoms with Crippen molar-refractivity contribution in [2.75, 3.05) is 12.8 Å². The number of rotatable bonds is 2. The van der Waals surface area contributed by atoms with Crippen LogP contribution >= 0.6 is 0 Å². The Morgan fingerprint density at radius 3 is 2.89 bits per heavy atom. The number of anilines is 1. The molecule has 1 aliphatic rings. The van der Waals surface area contributed by atoms with Crippen molar-refractivity contribution < 1.29 is 4.74 Å². The van der Waals surface area contributed by atoms with E-state index in [2.05, 4.69) is 17.2 Å². The summed E-state index contributed by atoms with van der Waals surface area (Å²) in [7, 11) is 1.71. The average Bonchev–Trinajstić information content (AvgIpc) is 2.78. The van der Waals surface area contributed by atoms with E-state index in [0.29, 0.717) is 6.04 Å². The van der Waals surface area contributed by atoms with E-state index in [1.54, 1.807) is 7.11 Å². The van der Waals surface area contributed by atoms with Gasteiger partial charge in [-0.15, -0.1) is 0 Å². The number of nitrogens with zero attached hydrogens (tertiary/aromatic N) is 2. The van der Waals surface area contributed by atoms with Crippen LogP contribution in [0.2, 0.25) is 0 Å². The first-order chi connectivity index (χ1) is 9.19. The average molecular weight is 257 g/mol. The molecule has 1 aromatic heterocycles. The molecule has 2 aromatic rings. The second-order valence-electron chi connectivity index (χ2n) is 5.19. The zero-order chi connectivity index (χ0) is 13.4. The van der Waals surface area contributed by atoms with Gasteiger partial charge in [0.2, 0.25) is 0 Å². The Kier molecular flexibility index (Phi) is 2.93. The van der Waals surface area contributed by atoms with Gasteiger partial charge in [0.05, 0.1) is 19.3 Å². The molecule has 0 aliphatic heterocycles. The number of nitrogens with two attached hydrogens (primary N) is 1. The van der Waals surface area contributed by atoms with E-state index < -0.39 is 0 Å². The summed E-state index contributed by atoms with van der Waals surface area (Å²) in [5.41, 5.74) is 9.90. The van der Waals surface area contributed by atoms with Crippen molar-refractivity contribution in [2.24, 2.45) is 0 Å². The first kappa shape index (κ1) is 12.1. The minimum Gasteiger partial charge on any atom is -0.497 e. The molecule has 1 aliphatic carbocycles. The molecule has 4 heteroatoms. The molecule has 0 bridgehead atoms. The molecule has 0 saturated carbocycles. The van der Waals surface area contributed by atoms with Gasteiger partial charge in [-0.1, -0.05) is 6.07 Å². The molecular weight excluding hydrogens is 238 g/mol. The van der Waals surface area contributed by atoms with Gasteiger partial charge in [-0.05, 0) is 49.4 Å². The minimum absolute atomic E-state index is 0.355. The highest BCUT2D eigenvalue weighted by Crippen LogP contribution is 2.32. The van der Waals surface area contributed by atoms with Crippen LogP contribution in [0.1, 0.15) is 29.2 Å². The standard InChI is InChI=1S/C15H19N3O/c1-10-9-17-18(15(10)16)13-5-3-11-4-6-14(19-2)8-12(11)7-13/h4,6,8-9,13H,3,5,7,16H2,1-2H3. The topological polar surface area (TPSA) is 53.1 Å². The van der Waals surface area contributed by atoms with Gasteiger partial charge >= 0.3 is 0 Å². The van der Waals surface area contributed by atoms with Gasteiger partial charge in [0, 0.05) is 5.56 Å². The number of benzene rings is 1. The van der Waals surface area contributed by atoms with Crippen LogP contribution in [0.25, 0.3) is 0 Å². The van der Waals surface area contributed by atoms with Crippen LogP contribution in [0, 0.1) is 6.92 Å². The summed E-state index contributed by atoms with van der Waals surface area (Å²) in [6.07, 6.45) is 4.97. The number of hydrogen-bond donors (Lipinski definition) is 1. The first-order valence-electron chi connectivity index (χ1n) is 6.64. The molecule has 0 radical (unpaired) electrons. The highest BCUT2D eigenvalue weighted by atomic mass is 16.5. The second-order valence-corrected chi connectivity index (χ2v) is 5.19. The Morgan fingerprint density at radius 2 is 2.21 bits per heavy atom. The second kappa shape index (κ2) is 4.61. The van der Waals surface area contributed by atoms with Gasteiger partial charge in [0.1, 0.15) is 11.6 Å². The van der Waals surface area contributed by atoms with Gasteiger partial charge in [0.25, 0.3) is 0 Å². The minimum atomic E-state index is 0.355. The van der Waals surface area contributed by atoms with Crippen LogP contribution < -0.4 is 10.5 Å². The Bertz CT molecular complexity index is 603. The van der Waals surface area contributed by atoms with Crippen LogP contribution in [0.5, 0.6) is 5.75 Å². The van der Waals surface area contributed by atoms with Crippen molar-refractivity contribution in [1.29, 1.82) is 0 Å². The van der Waals surface area contributed by atoms with Crippen molar-refractivity contribution in [3.05, 3.63) is 41.1 Å². The predicted octanol–water partition coefficient (Wildman–Crippen LogP) is 2.51. The Morgan fingerprint density at radius 1 is 1.37 bits per heavy atom. The molecule has 0 spiro atoms. The molecule has 19 heavy (non-hydrogen) atoms. The van der Waals surface area contributed by atoms with Crippen molar-refractivity contribution in [2.45, 2.75) is 32.2 Å². The number of ether oxygens (including phenoxy) is 1. The van der Waals surface area contributed by atoms with Crippen molar-refractivity contribution >= 4 is 5.82 Å². The molecule has 1 atom stereocenters. The normalized spacial score (nSPS) is 18.1. The molecule has 0 saturated heterocycles. The summed E-state index contributed by atoms with van der Waals surface area (Å²) in [5, 5.41) is 4.41. The molecule has 1 heterocycles. The summed E-state index contributed by atoms with van der Waals surface area (Å²) in [6, 6.07) is 6.69. The zero-order valence-electron chi connectivity index (χ0n) is 11.4. The SMILES string of the molecule is COc1ccc2c(c1)CC(n1ncc(C)c1N)CC2. The lowest BCUT2D eigenvalue weighted by Crippen LogP contribution is -2.21. The molecule has 1 aromatic carbocycles. The lowest BCUT2D eigenvalue weighted by atomic mass is 9.88. The quantitative estimate of drug-likeness (QED) is 0.899. The zero-order valence-corrected chi connectivity index (χ0v) is 11.4. The molecular formula is C15H19N3O. The summed E-state index contributed by atoms with van der Waals surface area (Å²) < 4.78 is 7.27. The molecule has 1 unspecified atom stereocenters. The molecule has 0 fully saturated rings. The molecule has 4 nitrogen and oxygen atoms in total. The largest absolute Gasteiger partial charge is 0.497 e. The Labute approximate surface area is 113 Å². The van der Waals surface area contributed by atoms with Gasteiger partial charge in [0.15, 0.2) is 0 Å². The number of aryl methyl sites for hydroxylation is 2. The van der Waals surface area contributed by atoms with E-state index in [4.69, 9.17) is 10.5 Å². The highest BCUT2D eigenvalue weighted by Gasteiger charge is 2.22. The first-order valence-corrected chi connectivity index (χ1v) is 6.64. The van der Waals surface area contributed by atoms with Gasteiger partial charge < -0.3 is 10.5 Å².